The molecule has 0 unspecified atom stereocenters. The Balaban J connectivity index is 3.48. The smallest absolute Gasteiger partial charge is 0.306 e. The highest BCUT2D eigenvalue weighted by Crippen LogP contribution is 2.13. The van der Waals surface area contributed by atoms with Gasteiger partial charge in [0.1, 0.15) is 0 Å². The zero-order valence-electron chi connectivity index (χ0n) is 35.4. The average Bonchev–Trinajstić information content (AvgIpc) is 3.15. The van der Waals surface area contributed by atoms with Crippen molar-refractivity contribution in [1.82, 2.24) is 15.5 Å². The topological polar surface area (TPSA) is 128 Å². The summed E-state index contributed by atoms with van der Waals surface area (Å²) in [5.74, 6) is 4.42. The second-order valence-electron chi connectivity index (χ2n) is 14.9. The Labute approximate surface area is 341 Å². The molecule has 0 heterocycles. The maximum atomic E-state index is 12.0. The van der Waals surface area contributed by atoms with Crippen molar-refractivity contribution in [3.63, 3.8) is 0 Å². The Morgan fingerprint density at radius 3 is 1.17 bits per heavy atom. The van der Waals surface area contributed by atoms with Gasteiger partial charge in [0.05, 0.1) is 37.7 Å². The van der Waals surface area contributed by atoms with Gasteiger partial charge in [0, 0.05) is 50.5 Å². The Morgan fingerprint density at radius 2 is 0.815 bits per heavy atom. The number of ether oxygens (including phenoxy) is 2. The summed E-state index contributed by atoms with van der Waals surface area (Å²) in [6.45, 7) is 8.76. The number of hydrogen-bond donors (Lipinski definition) is 4. The van der Waals surface area contributed by atoms with Crippen molar-refractivity contribution in [3.8, 4) is 0 Å². The fraction of sp³-hybridized carbons (Fsp3) is 0.907. The summed E-state index contributed by atoms with van der Waals surface area (Å²) < 4.78 is 10.8. The Bertz CT molecular complexity index is 815. The second kappa shape index (κ2) is 42.7. The van der Waals surface area contributed by atoms with Crippen LogP contribution in [0.3, 0.4) is 0 Å². The van der Waals surface area contributed by atoms with Gasteiger partial charge in [0.25, 0.3) is 0 Å². The zero-order valence-corrected chi connectivity index (χ0v) is 37.0. The highest BCUT2D eigenvalue weighted by molar-refractivity contribution is 7.99. The molecule has 0 radical (unpaired) electrons. The van der Waals surface area contributed by atoms with Crippen LogP contribution in [-0.2, 0) is 19.1 Å². The van der Waals surface area contributed by atoms with Crippen molar-refractivity contribution >= 4 is 47.1 Å². The van der Waals surface area contributed by atoms with Gasteiger partial charge >= 0.3 is 11.9 Å². The number of nitrogens with zero attached hydrogens (tertiary/aromatic N) is 1. The number of hydrogen-bond acceptors (Lipinski definition) is 9. The first kappa shape index (κ1) is 52.5. The predicted octanol–water partition coefficient (Wildman–Crippen LogP) is 10.8. The molecule has 4 N–H and O–H groups in total. The first-order valence-corrected chi connectivity index (χ1v) is 24.5. The van der Waals surface area contributed by atoms with Crippen LogP contribution in [0.25, 0.3) is 0 Å². The molecular formula is C43H85N5O4S2. The first-order chi connectivity index (χ1) is 26.4. The van der Waals surface area contributed by atoms with E-state index in [0.717, 1.165) is 101 Å². The molecule has 0 saturated carbocycles. The fourth-order valence-electron chi connectivity index (χ4n) is 6.00. The largest absolute Gasteiger partial charge is 0.466 e. The number of amidine groups is 2. The van der Waals surface area contributed by atoms with Crippen LogP contribution in [0.15, 0.2) is 0 Å². The SMILES string of the molecule is CCCCCCCCCCCCOC(=O)CCSCCCC(=N)NCCN(C)CCNC(=N)CCCSCCC(=O)OCCCCCCCCCCCC. The van der Waals surface area contributed by atoms with Crippen molar-refractivity contribution in [2.45, 2.75) is 181 Å². The van der Waals surface area contributed by atoms with Crippen LogP contribution >= 0.6 is 23.5 Å². The van der Waals surface area contributed by atoms with E-state index in [2.05, 4.69) is 36.4 Å². The number of nitrogens with one attached hydrogen (secondary N) is 4. The fourth-order valence-corrected chi connectivity index (χ4v) is 7.72. The Kier molecular flexibility index (Phi) is 41.5. The molecule has 0 atom stereocenters. The van der Waals surface area contributed by atoms with Gasteiger partial charge in [0.15, 0.2) is 0 Å². The van der Waals surface area contributed by atoms with E-state index in [-0.39, 0.29) is 11.9 Å². The van der Waals surface area contributed by atoms with E-state index in [1.807, 2.05) is 0 Å². The van der Waals surface area contributed by atoms with Crippen molar-refractivity contribution in [2.24, 2.45) is 0 Å². The predicted molar refractivity (Wildman–Crippen MR) is 237 cm³/mol. The summed E-state index contributed by atoms with van der Waals surface area (Å²) >= 11 is 3.53. The summed E-state index contributed by atoms with van der Waals surface area (Å²) in [4.78, 5) is 26.1. The van der Waals surface area contributed by atoms with E-state index in [1.54, 1.807) is 23.5 Å². The van der Waals surface area contributed by atoms with E-state index in [0.29, 0.717) is 37.7 Å². The van der Waals surface area contributed by atoms with E-state index in [9.17, 15) is 9.59 Å². The van der Waals surface area contributed by atoms with Gasteiger partial charge in [0.2, 0.25) is 0 Å². The number of rotatable bonds is 42. The third-order valence-electron chi connectivity index (χ3n) is 9.52. The monoisotopic (exact) mass is 800 g/mol. The lowest BCUT2D eigenvalue weighted by Gasteiger charge is -2.18. The van der Waals surface area contributed by atoms with Crippen LogP contribution in [0.5, 0.6) is 0 Å². The minimum absolute atomic E-state index is 0.0836. The second-order valence-corrected chi connectivity index (χ2v) is 17.3. The Hall–Kier alpha value is -1.46. The lowest BCUT2D eigenvalue weighted by Crippen LogP contribution is -2.37. The highest BCUT2D eigenvalue weighted by atomic mass is 32.2. The molecule has 0 aromatic carbocycles. The lowest BCUT2D eigenvalue weighted by atomic mass is 10.1. The van der Waals surface area contributed by atoms with Gasteiger partial charge in [-0.3, -0.25) is 20.4 Å². The lowest BCUT2D eigenvalue weighted by molar-refractivity contribution is -0.144. The minimum Gasteiger partial charge on any atom is -0.466 e. The Morgan fingerprint density at radius 1 is 0.481 bits per heavy atom. The van der Waals surface area contributed by atoms with Gasteiger partial charge in [-0.1, -0.05) is 129 Å². The van der Waals surface area contributed by atoms with Crippen molar-refractivity contribution < 1.29 is 19.1 Å². The molecule has 0 aliphatic carbocycles. The van der Waals surface area contributed by atoms with Gasteiger partial charge in [-0.15, -0.1) is 0 Å². The molecule has 318 valence electrons. The molecular weight excluding hydrogens is 715 g/mol. The number of esters is 2. The molecule has 11 heteroatoms. The zero-order chi connectivity index (χ0) is 39.6. The molecule has 0 aromatic rings. The summed E-state index contributed by atoms with van der Waals surface area (Å²) in [7, 11) is 2.06. The molecule has 0 aliphatic heterocycles. The summed E-state index contributed by atoms with van der Waals surface area (Å²) in [5, 5.41) is 22.8. The van der Waals surface area contributed by atoms with Gasteiger partial charge in [-0.05, 0) is 44.2 Å². The molecule has 0 rings (SSSR count). The third kappa shape index (κ3) is 41.7. The maximum absolute atomic E-state index is 12.0. The van der Waals surface area contributed by atoms with E-state index in [1.165, 1.54) is 103 Å². The number of carbonyl (C=O) groups excluding carboxylic acids is 2. The van der Waals surface area contributed by atoms with Crippen LogP contribution in [-0.4, -0.2) is 98.0 Å². The van der Waals surface area contributed by atoms with Crippen molar-refractivity contribution in [1.29, 1.82) is 10.8 Å². The van der Waals surface area contributed by atoms with Crippen LogP contribution in [0.1, 0.15) is 181 Å². The standard InChI is InChI=1S/C43H85N5O4S2/c1-4-6-8-10-12-14-16-18-20-22-34-51-42(49)28-38-53-36-24-26-40(44)46-30-32-48(3)33-31-47-41(45)27-25-37-54-39-29-43(50)52-35-23-21-19-17-15-13-11-9-7-5-2/h4-39H2,1-3H3,(H2,44,46)(H2,45,47). The van der Waals surface area contributed by atoms with Crippen molar-refractivity contribution in [3.05, 3.63) is 0 Å². The molecule has 0 fully saturated rings. The molecule has 0 bridgehead atoms. The van der Waals surface area contributed by atoms with Gasteiger partial charge in [-0.25, -0.2) is 0 Å². The molecule has 0 amide bonds. The first-order valence-electron chi connectivity index (χ1n) is 22.2. The quantitative estimate of drug-likeness (QED) is 0.0206. The van der Waals surface area contributed by atoms with Crippen molar-refractivity contribution in [2.75, 3.05) is 69.5 Å². The molecule has 0 saturated heterocycles. The highest BCUT2D eigenvalue weighted by Gasteiger charge is 2.06. The summed E-state index contributed by atoms with van der Waals surface area (Å²) in [6, 6.07) is 0. The van der Waals surface area contributed by atoms with Gasteiger partial charge < -0.3 is 25.0 Å². The maximum Gasteiger partial charge on any atom is 0.306 e. The van der Waals surface area contributed by atoms with Crippen LogP contribution in [0.4, 0.5) is 0 Å². The molecule has 0 spiro atoms. The number of carbonyl (C=O) groups is 2. The molecule has 9 nitrogen and oxygen atoms in total. The number of thioether (sulfide) groups is 2. The number of unbranched alkanes of at least 4 members (excludes halogenated alkanes) is 18. The van der Waals surface area contributed by atoms with Crippen LogP contribution in [0, 0.1) is 10.8 Å². The normalized spacial score (nSPS) is 11.2. The average molecular weight is 800 g/mol. The molecule has 0 aromatic heterocycles. The van der Waals surface area contributed by atoms with Crippen LogP contribution in [0.2, 0.25) is 0 Å². The van der Waals surface area contributed by atoms with Gasteiger partial charge in [-0.2, -0.15) is 23.5 Å². The van der Waals surface area contributed by atoms with E-state index < -0.39 is 0 Å². The minimum atomic E-state index is -0.0836. The van der Waals surface area contributed by atoms with E-state index in [4.69, 9.17) is 20.3 Å². The number of likely N-dealkylation sites (N-methyl/N-ethyl adjacent to an activating group) is 1. The summed E-state index contributed by atoms with van der Waals surface area (Å²) in [5.41, 5.74) is 0. The third-order valence-corrected chi connectivity index (χ3v) is 11.7. The van der Waals surface area contributed by atoms with E-state index >= 15 is 0 Å². The molecule has 54 heavy (non-hydrogen) atoms. The molecule has 0 aliphatic rings. The van der Waals surface area contributed by atoms with Crippen LogP contribution < -0.4 is 10.6 Å². The summed E-state index contributed by atoms with van der Waals surface area (Å²) in [6.07, 6.45) is 29.8.